The van der Waals surface area contributed by atoms with E-state index in [1.165, 1.54) is 0 Å². The van der Waals surface area contributed by atoms with Gasteiger partial charge >= 0.3 is 0 Å². The number of pyridine rings is 1. The Kier molecular flexibility index (Phi) is 5.52. The molecule has 0 saturated carbocycles. The molecule has 1 aromatic carbocycles. The number of methoxy groups -OCH3 is 1. The lowest BCUT2D eigenvalue weighted by Crippen LogP contribution is -2.27. The van der Waals surface area contributed by atoms with E-state index in [9.17, 15) is 9.59 Å². The van der Waals surface area contributed by atoms with Crippen LogP contribution in [0.15, 0.2) is 42.6 Å². The summed E-state index contributed by atoms with van der Waals surface area (Å²) in [4.78, 5) is 29.7. The van der Waals surface area contributed by atoms with Crippen molar-refractivity contribution in [3.05, 3.63) is 65.2 Å². The molecule has 0 aliphatic rings. The summed E-state index contributed by atoms with van der Waals surface area (Å²) < 4.78 is 6.56. The number of nitrogens with zero attached hydrogens (tertiary/aromatic N) is 2. The summed E-state index contributed by atoms with van der Waals surface area (Å²) >= 11 is 0. The van der Waals surface area contributed by atoms with Gasteiger partial charge < -0.3 is 15.4 Å². The van der Waals surface area contributed by atoms with E-state index in [1.54, 1.807) is 35.9 Å². The van der Waals surface area contributed by atoms with Crippen molar-refractivity contribution in [3.63, 3.8) is 0 Å². The van der Waals surface area contributed by atoms with Gasteiger partial charge in [0.25, 0.3) is 11.8 Å². The Hall–Kier alpha value is -3.19. The Bertz CT molecular complexity index is 974. The van der Waals surface area contributed by atoms with E-state index in [4.69, 9.17) is 4.74 Å². The lowest BCUT2D eigenvalue weighted by molar-refractivity contribution is 0.0934. The number of aromatic nitrogens is 2. The number of carbonyl (C=O) groups excluding carboxylic acids is 2. The van der Waals surface area contributed by atoms with E-state index in [-0.39, 0.29) is 23.3 Å². The van der Waals surface area contributed by atoms with Gasteiger partial charge in [0.1, 0.15) is 0 Å². The van der Waals surface area contributed by atoms with Crippen molar-refractivity contribution in [3.8, 4) is 0 Å². The molecule has 7 heteroatoms. The summed E-state index contributed by atoms with van der Waals surface area (Å²) in [7, 11) is 1.56. The molecule has 2 N–H and O–H groups in total. The predicted octanol–water partition coefficient (Wildman–Crippen LogP) is 2.58. The van der Waals surface area contributed by atoms with Gasteiger partial charge in [-0.2, -0.15) is 0 Å². The molecule has 7 nitrogen and oxygen atoms in total. The molecule has 3 aromatic rings. The van der Waals surface area contributed by atoms with Crippen LogP contribution in [-0.2, 0) is 4.74 Å². The van der Waals surface area contributed by atoms with Gasteiger partial charge in [0, 0.05) is 25.5 Å². The third-order valence-electron chi connectivity index (χ3n) is 4.28. The van der Waals surface area contributed by atoms with Crippen LogP contribution in [0.3, 0.4) is 0 Å². The van der Waals surface area contributed by atoms with Crippen LogP contribution < -0.4 is 10.6 Å². The fourth-order valence-corrected chi connectivity index (χ4v) is 2.90. The van der Waals surface area contributed by atoms with Crippen molar-refractivity contribution < 1.29 is 14.3 Å². The number of imidazole rings is 1. The second-order valence-electron chi connectivity index (χ2n) is 6.21. The van der Waals surface area contributed by atoms with Crippen LogP contribution >= 0.6 is 0 Å². The number of hydrogen-bond acceptors (Lipinski definition) is 4. The summed E-state index contributed by atoms with van der Waals surface area (Å²) in [5, 5.41) is 5.66. The number of hydrogen-bond donors (Lipinski definition) is 2. The van der Waals surface area contributed by atoms with E-state index in [0.29, 0.717) is 18.7 Å². The second kappa shape index (κ2) is 8.01. The highest BCUT2D eigenvalue weighted by atomic mass is 16.5. The van der Waals surface area contributed by atoms with Gasteiger partial charge in [-0.05, 0) is 37.1 Å². The minimum atomic E-state index is -0.371. The Morgan fingerprint density at radius 1 is 1.07 bits per heavy atom. The highest BCUT2D eigenvalue weighted by Crippen LogP contribution is 2.21. The van der Waals surface area contributed by atoms with Crippen molar-refractivity contribution in [1.82, 2.24) is 14.7 Å². The molecule has 2 amide bonds. The molecule has 0 atom stereocenters. The molecule has 0 unspecified atom stereocenters. The van der Waals surface area contributed by atoms with Gasteiger partial charge in [-0.3, -0.25) is 14.0 Å². The maximum absolute atomic E-state index is 12.9. The van der Waals surface area contributed by atoms with Crippen molar-refractivity contribution in [2.75, 3.05) is 25.6 Å². The molecule has 27 heavy (non-hydrogen) atoms. The first kappa shape index (κ1) is 18.6. The number of ether oxygens (including phenoxy) is 1. The molecule has 0 spiro atoms. The van der Waals surface area contributed by atoms with Crippen molar-refractivity contribution in [2.24, 2.45) is 0 Å². The summed E-state index contributed by atoms with van der Waals surface area (Å²) in [6, 6.07) is 11.1. The first-order valence-electron chi connectivity index (χ1n) is 8.64. The van der Waals surface area contributed by atoms with Crippen molar-refractivity contribution in [1.29, 1.82) is 0 Å². The number of carbonyl (C=O) groups is 2. The fourth-order valence-electron chi connectivity index (χ4n) is 2.90. The SMILES string of the molecule is COCCNC(=O)c1nc(C(=O)Nc2c(C)cccc2C)n2ccccc12. The van der Waals surface area contributed by atoms with Gasteiger partial charge in [0.05, 0.1) is 12.1 Å². The zero-order valence-electron chi connectivity index (χ0n) is 15.6. The predicted molar refractivity (Wildman–Crippen MR) is 103 cm³/mol. The number of nitrogens with one attached hydrogen (secondary N) is 2. The second-order valence-corrected chi connectivity index (χ2v) is 6.21. The van der Waals surface area contributed by atoms with Gasteiger partial charge in [0.2, 0.25) is 5.82 Å². The number of rotatable bonds is 6. The van der Waals surface area contributed by atoms with Gasteiger partial charge in [0.15, 0.2) is 5.69 Å². The molecule has 0 saturated heterocycles. The number of para-hydroxylation sites is 1. The summed E-state index contributed by atoms with van der Waals surface area (Å²) in [6.07, 6.45) is 1.72. The molecule has 2 aromatic heterocycles. The third-order valence-corrected chi connectivity index (χ3v) is 4.28. The van der Waals surface area contributed by atoms with Gasteiger partial charge in [-0.15, -0.1) is 0 Å². The van der Waals surface area contributed by atoms with Crippen LogP contribution in [0.4, 0.5) is 5.69 Å². The number of anilines is 1. The number of benzene rings is 1. The smallest absolute Gasteiger partial charge is 0.292 e. The molecule has 0 fully saturated rings. The minimum Gasteiger partial charge on any atom is -0.383 e. The monoisotopic (exact) mass is 366 g/mol. The highest BCUT2D eigenvalue weighted by molar-refractivity contribution is 6.06. The van der Waals surface area contributed by atoms with E-state index >= 15 is 0 Å². The molecule has 0 aliphatic carbocycles. The van der Waals surface area contributed by atoms with Crippen LogP contribution in [0.5, 0.6) is 0 Å². The molecule has 3 rings (SSSR count). The van der Waals surface area contributed by atoms with E-state index in [2.05, 4.69) is 15.6 Å². The number of aryl methyl sites for hydroxylation is 2. The van der Waals surface area contributed by atoms with E-state index < -0.39 is 0 Å². The van der Waals surface area contributed by atoms with E-state index in [0.717, 1.165) is 16.8 Å². The summed E-state index contributed by atoms with van der Waals surface area (Å²) in [5.41, 5.74) is 3.45. The molecule has 0 bridgehead atoms. The molecule has 2 heterocycles. The van der Waals surface area contributed by atoms with E-state index in [1.807, 2.05) is 32.0 Å². The van der Waals surface area contributed by atoms with Crippen molar-refractivity contribution in [2.45, 2.75) is 13.8 Å². The molecule has 0 radical (unpaired) electrons. The van der Waals surface area contributed by atoms with Crippen LogP contribution in [0, 0.1) is 13.8 Å². The Morgan fingerprint density at radius 3 is 2.52 bits per heavy atom. The quantitative estimate of drug-likeness (QED) is 0.657. The Morgan fingerprint density at radius 2 is 1.81 bits per heavy atom. The average Bonchev–Trinajstić information content (AvgIpc) is 3.05. The summed E-state index contributed by atoms with van der Waals surface area (Å²) in [6.45, 7) is 4.63. The van der Waals surface area contributed by atoms with Gasteiger partial charge in [-0.25, -0.2) is 4.98 Å². The molecular formula is C20H22N4O3. The highest BCUT2D eigenvalue weighted by Gasteiger charge is 2.22. The third kappa shape index (κ3) is 3.83. The zero-order valence-corrected chi connectivity index (χ0v) is 15.6. The Labute approximate surface area is 157 Å². The van der Waals surface area contributed by atoms with Crippen LogP contribution in [0.2, 0.25) is 0 Å². The lowest BCUT2D eigenvalue weighted by atomic mass is 10.1. The van der Waals surface area contributed by atoms with Crippen LogP contribution in [-0.4, -0.2) is 41.5 Å². The normalized spacial score (nSPS) is 10.8. The minimum absolute atomic E-state index is 0.158. The van der Waals surface area contributed by atoms with Crippen LogP contribution in [0.25, 0.3) is 5.52 Å². The average molecular weight is 366 g/mol. The van der Waals surface area contributed by atoms with Crippen LogP contribution in [0.1, 0.15) is 32.2 Å². The standard InChI is InChI=1S/C20H22N4O3/c1-13-7-6-8-14(2)16(13)23-20(26)18-22-17(19(25)21-10-12-27-3)15-9-4-5-11-24(15)18/h4-9,11H,10,12H2,1-3H3,(H,21,25)(H,23,26). The maximum atomic E-state index is 12.9. The summed E-state index contributed by atoms with van der Waals surface area (Å²) in [5.74, 6) is -0.559. The first-order valence-corrected chi connectivity index (χ1v) is 8.64. The zero-order chi connectivity index (χ0) is 19.4. The molecule has 140 valence electrons. The molecular weight excluding hydrogens is 344 g/mol. The topological polar surface area (TPSA) is 84.7 Å². The largest absolute Gasteiger partial charge is 0.383 e. The van der Waals surface area contributed by atoms with Gasteiger partial charge in [-0.1, -0.05) is 24.3 Å². The number of amides is 2. The first-order chi connectivity index (χ1) is 13.0. The molecule has 0 aliphatic heterocycles. The van der Waals surface area contributed by atoms with Crippen molar-refractivity contribution >= 4 is 23.0 Å². The lowest BCUT2D eigenvalue weighted by Gasteiger charge is -2.10. The fraction of sp³-hybridized carbons (Fsp3) is 0.250. The Balaban J connectivity index is 1.95. The number of fused-ring (bicyclic) bond motifs is 1. The maximum Gasteiger partial charge on any atom is 0.292 e.